The Kier molecular flexibility index (Phi) is 7.58. The molecular weight excluding hydrogens is 254 g/mol. The number of alkyl halides is 3. The Labute approximate surface area is 103 Å². The molecule has 0 saturated heterocycles. The maximum absolute atomic E-state index is 11.9. The van der Waals surface area contributed by atoms with Gasteiger partial charge in [0.2, 0.25) is 0 Å². The lowest BCUT2D eigenvalue weighted by Gasteiger charge is -2.05. The summed E-state index contributed by atoms with van der Waals surface area (Å²) in [6.45, 7) is 5.67. The van der Waals surface area contributed by atoms with Crippen LogP contribution < -0.4 is 5.46 Å². The van der Waals surface area contributed by atoms with Crippen LogP contribution in [0.3, 0.4) is 0 Å². The first-order valence-electron chi connectivity index (χ1n) is 5.35. The maximum Gasteiger partial charge on any atom is 0.571 e. The molecule has 0 bridgehead atoms. The van der Waals surface area contributed by atoms with Crippen molar-refractivity contribution in [1.82, 2.24) is 0 Å². The highest BCUT2D eigenvalue weighted by molar-refractivity contribution is 6.59. The third-order valence-corrected chi connectivity index (χ3v) is 1.90. The molecule has 1 aromatic rings. The summed E-state index contributed by atoms with van der Waals surface area (Å²) in [5, 5.41) is 0. The fourth-order valence-corrected chi connectivity index (χ4v) is 1.02. The van der Waals surface area contributed by atoms with Crippen molar-refractivity contribution < 1.29 is 26.5 Å². The standard InChI is InChI=1S/C7H4BF5.C4H10O/c9-7(10,11)5-1-3-6(4-2-5)8(12)13;1-3-5-4-2/h1-4H;3-4H2,1-2H3. The Morgan fingerprint density at radius 3 is 1.67 bits per heavy atom. The topological polar surface area (TPSA) is 9.23 Å². The quantitative estimate of drug-likeness (QED) is 0.603. The lowest BCUT2D eigenvalue weighted by Crippen LogP contribution is -2.20. The van der Waals surface area contributed by atoms with Gasteiger partial charge in [0.05, 0.1) is 5.56 Å². The SMILES string of the molecule is CCOCC.FB(F)c1ccc(C(F)(F)F)cc1. The lowest BCUT2D eigenvalue weighted by atomic mass is 9.85. The van der Waals surface area contributed by atoms with Crippen LogP contribution in [0.15, 0.2) is 24.3 Å². The molecule has 0 aliphatic carbocycles. The smallest absolute Gasteiger partial charge is 0.382 e. The Hall–Kier alpha value is -1.11. The molecule has 0 radical (unpaired) electrons. The first kappa shape index (κ1) is 16.9. The van der Waals surface area contributed by atoms with E-state index in [1.807, 2.05) is 13.8 Å². The van der Waals surface area contributed by atoms with Crippen molar-refractivity contribution in [3.05, 3.63) is 29.8 Å². The zero-order valence-electron chi connectivity index (χ0n) is 10.1. The van der Waals surface area contributed by atoms with Crippen LogP contribution in [0.2, 0.25) is 0 Å². The van der Waals surface area contributed by atoms with E-state index >= 15 is 0 Å². The van der Waals surface area contributed by atoms with Gasteiger partial charge >= 0.3 is 13.4 Å². The highest BCUT2D eigenvalue weighted by Gasteiger charge is 2.30. The van der Waals surface area contributed by atoms with Crippen LogP contribution in [0, 0.1) is 0 Å². The molecule has 18 heavy (non-hydrogen) atoms. The number of hydrogen-bond acceptors (Lipinski definition) is 1. The summed E-state index contributed by atoms with van der Waals surface area (Å²) in [6.07, 6.45) is -4.47. The third-order valence-electron chi connectivity index (χ3n) is 1.90. The van der Waals surface area contributed by atoms with Crippen LogP contribution in [0.1, 0.15) is 19.4 Å². The van der Waals surface area contributed by atoms with Crippen LogP contribution in [-0.4, -0.2) is 20.5 Å². The molecule has 1 aromatic carbocycles. The van der Waals surface area contributed by atoms with E-state index in [0.29, 0.717) is 12.1 Å². The van der Waals surface area contributed by atoms with E-state index < -0.39 is 24.5 Å². The van der Waals surface area contributed by atoms with E-state index in [0.717, 1.165) is 25.3 Å². The molecule has 0 heterocycles. The number of halogens is 5. The zero-order chi connectivity index (χ0) is 14.2. The molecule has 0 aliphatic heterocycles. The monoisotopic (exact) mass is 268 g/mol. The second-order valence-electron chi connectivity index (χ2n) is 3.20. The fourth-order valence-electron chi connectivity index (χ4n) is 1.02. The van der Waals surface area contributed by atoms with Crippen molar-refractivity contribution in [1.29, 1.82) is 0 Å². The molecule has 0 N–H and O–H groups in total. The van der Waals surface area contributed by atoms with Gasteiger partial charge < -0.3 is 4.74 Å². The fraction of sp³-hybridized carbons (Fsp3) is 0.455. The first-order chi connectivity index (χ1) is 8.32. The molecule has 0 amide bonds. The van der Waals surface area contributed by atoms with Gasteiger partial charge in [-0.15, -0.1) is 0 Å². The second-order valence-corrected chi connectivity index (χ2v) is 3.20. The van der Waals surface area contributed by atoms with Gasteiger partial charge in [-0.3, -0.25) is 8.63 Å². The summed E-state index contributed by atoms with van der Waals surface area (Å²) >= 11 is 0. The summed E-state index contributed by atoms with van der Waals surface area (Å²) < 4.78 is 64.5. The van der Waals surface area contributed by atoms with E-state index in [4.69, 9.17) is 4.74 Å². The van der Waals surface area contributed by atoms with Gasteiger partial charge in [-0.1, -0.05) is 24.3 Å². The van der Waals surface area contributed by atoms with Crippen molar-refractivity contribution in [3.63, 3.8) is 0 Å². The van der Waals surface area contributed by atoms with E-state index in [9.17, 15) is 21.8 Å². The molecule has 0 fully saturated rings. The minimum atomic E-state index is -4.47. The van der Waals surface area contributed by atoms with Gasteiger partial charge in [-0.05, 0) is 19.3 Å². The first-order valence-corrected chi connectivity index (χ1v) is 5.35. The van der Waals surface area contributed by atoms with Crippen LogP contribution in [0.25, 0.3) is 0 Å². The molecule has 0 saturated carbocycles. The summed E-state index contributed by atoms with van der Waals surface area (Å²) in [7, 11) is -2.73. The van der Waals surface area contributed by atoms with Crippen LogP contribution in [0.5, 0.6) is 0 Å². The van der Waals surface area contributed by atoms with Gasteiger partial charge in [0, 0.05) is 13.2 Å². The van der Waals surface area contributed by atoms with Gasteiger partial charge in [0.25, 0.3) is 0 Å². The molecule has 0 atom stereocenters. The number of hydrogen-bond donors (Lipinski definition) is 0. The number of rotatable bonds is 3. The molecule has 102 valence electrons. The maximum atomic E-state index is 11.9. The predicted octanol–water partition coefficient (Wildman–Crippen LogP) is 3.38. The van der Waals surface area contributed by atoms with E-state index in [1.54, 1.807) is 0 Å². The van der Waals surface area contributed by atoms with Crippen molar-refractivity contribution in [2.45, 2.75) is 20.0 Å². The molecule has 0 spiro atoms. The highest BCUT2D eigenvalue weighted by atomic mass is 19.4. The van der Waals surface area contributed by atoms with Crippen LogP contribution in [0.4, 0.5) is 21.8 Å². The second kappa shape index (κ2) is 8.08. The molecule has 0 aliphatic rings. The summed E-state index contributed by atoms with van der Waals surface area (Å²) in [4.78, 5) is 0. The largest absolute Gasteiger partial charge is 0.571 e. The zero-order valence-corrected chi connectivity index (χ0v) is 10.1. The van der Waals surface area contributed by atoms with Crippen LogP contribution in [-0.2, 0) is 10.9 Å². The van der Waals surface area contributed by atoms with Gasteiger partial charge in [0.15, 0.2) is 0 Å². The number of benzene rings is 1. The van der Waals surface area contributed by atoms with Crippen molar-refractivity contribution in [3.8, 4) is 0 Å². The normalized spacial score (nSPS) is 10.6. The summed E-state index contributed by atoms with van der Waals surface area (Å²) in [5.74, 6) is 0. The minimum Gasteiger partial charge on any atom is -0.382 e. The van der Waals surface area contributed by atoms with Crippen LogP contribution >= 0.6 is 0 Å². The third kappa shape index (κ3) is 6.59. The minimum absolute atomic E-state index is 0.409. The van der Waals surface area contributed by atoms with Crippen molar-refractivity contribution in [2.24, 2.45) is 0 Å². The van der Waals surface area contributed by atoms with E-state index in [2.05, 4.69) is 0 Å². The van der Waals surface area contributed by atoms with Crippen molar-refractivity contribution in [2.75, 3.05) is 13.2 Å². The van der Waals surface area contributed by atoms with Gasteiger partial charge in [0.1, 0.15) is 0 Å². The van der Waals surface area contributed by atoms with Gasteiger partial charge in [-0.25, -0.2) is 0 Å². The number of ether oxygens (including phenoxy) is 1. The molecule has 1 rings (SSSR count). The summed E-state index contributed by atoms with van der Waals surface area (Å²) in [6, 6.07) is 2.82. The molecule has 0 aromatic heterocycles. The van der Waals surface area contributed by atoms with Crippen molar-refractivity contribution >= 4 is 12.7 Å². The lowest BCUT2D eigenvalue weighted by molar-refractivity contribution is -0.137. The Bertz CT molecular complexity index is 321. The van der Waals surface area contributed by atoms with E-state index in [-0.39, 0.29) is 0 Å². The summed E-state index contributed by atoms with van der Waals surface area (Å²) in [5.41, 5.74) is -1.33. The molecular formula is C11H14BF5O. The van der Waals surface area contributed by atoms with E-state index in [1.165, 1.54) is 0 Å². The average molecular weight is 268 g/mol. The Balaban J connectivity index is 0.000000494. The molecule has 7 heteroatoms. The Morgan fingerprint density at radius 1 is 1.00 bits per heavy atom. The Morgan fingerprint density at radius 2 is 1.44 bits per heavy atom. The predicted molar refractivity (Wildman–Crippen MR) is 61.2 cm³/mol. The molecule has 0 unspecified atom stereocenters. The highest BCUT2D eigenvalue weighted by Crippen LogP contribution is 2.28. The van der Waals surface area contributed by atoms with Gasteiger partial charge in [-0.2, -0.15) is 13.2 Å². The average Bonchev–Trinajstić information content (AvgIpc) is 2.30. The molecule has 1 nitrogen and oxygen atoms in total.